The molecule has 0 radical (unpaired) electrons. The highest BCUT2D eigenvalue weighted by molar-refractivity contribution is 8.14. The van der Waals surface area contributed by atoms with Crippen molar-refractivity contribution in [3.63, 3.8) is 0 Å². The zero-order valence-corrected chi connectivity index (χ0v) is 15.5. The molecule has 138 valence electrons. The summed E-state index contributed by atoms with van der Waals surface area (Å²) < 4.78 is 13.5. The van der Waals surface area contributed by atoms with Gasteiger partial charge in [-0.05, 0) is 30.3 Å². The molecule has 1 aliphatic heterocycles. The second kappa shape index (κ2) is 8.32. The second-order valence-corrected chi connectivity index (χ2v) is 7.22. The molecule has 0 aliphatic carbocycles. The smallest absolute Gasteiger partial charge is 0.247 e. The molecule has 9 heteroatoms. The number of halogens is 2. The van der Waals surface area contributed by atoms with E-state index in [-0.39, 0.29) is 29.0 Å². The van der Waals surface area contributed by atoms with E-state index in [0.717, 1.165) is 16.7 Å². The molecule has 0 spiro atoms. The fraction of sp³-hybridized carbons (Fsp3) is 0.111. The number of imide groups is 1. The largest absolute Gasteiger partial charge is 0.377 e. The van der Waals surface area contributed by atoms with E-state index in [2.05, 4.69) is 10.2 Å². The molecule has 3 rings (SSSR count). The molecule has 1 unspecified atom stereocenters. The van der Waals surface area contributed by atoms with Crippen molar-refractivity contribution in [2.75, 3.05) is 4.90 Å². The van der Waals surface area contributed by atoms with Gasteiger partial charge in [0.15, 0.2) is 5.17 Å². The molecule has 0 saturated carbocycles. The predicted molar refractivity (Wildman–Crippen MR) is 106 cm³/mol. The van der Waals surface area contributed by atoms with Gasteiger partial charge in [-0.2, -0.15) is 5.10 Å². The summed E-state index contributed by atoms with van der Waals surface area (Å²) in [5.74, 6) is -1.15. The van der Waals surface area contributed by atoms with E-state index in [1.54, 1.807) is 42.5 Å². The molecule has 1 heterocycles. The molecule has 1 fully saturated rings. The summed E-state index contributed by atoms with van der Waals surface area (Å²) >= 11 is 6.77. The van der Waals surface area contributed by atoms with E-state index >= 15 is 0 Å². The van der Waals surface area contributed by atoms with Crippen LogP contribution in [0.3, 0.4) is 0 Å². The Balaban J connectivity index is 1.67. The van der Waals surface area contributed by atoms with Gasteiger partial charge in [-0.3, -0.25) is 9.59 Å². The normalized spacial score (nSPS) is 17.9. The quantitative estimate of drug-likeness (QED) is 0.367. The van der Waals surface area contributed by atoms with E-state index in [1.165, 1.54) is 12.3 Å². The SMILES string of the molecule is N/C(=N\N=C\c1ccccc1F)SC1CC(=O)N(c2ccc(Cl)cc2)C1=O. The highest BCUT2D eigenvalue weighted by atomic mass is 35.5. The van der Waals surface area contributed by atoms with Crippen molar-refractivity contribution in [3.05, 3.63) is 64.9 Å². The Bertz CT molecular complexity index is 933. The number of amidine groups is 1. The molecule has 0 bridgehead atoms. The number of benzene rings is 2. The van der Waals surface area contributed by atoms with Crippen LogP contribution in [0.4, 0.5) is 10.1 Å². The molecule has 6 nitrogen and oxygen atoms in total. The van der Waals surface area contributed by atoms with Crippen LogP contribution in [-0.4, -0.2) is 28.4 Å². The first-order chi connectivity index (χ1) is 13.0. The number of hydrogen-bond donors (Lipinski definition) is 1. The van der Waals surface area contributed by atoms with Gasteiger partial charge < -0.3 is 5.73 Å². The number of amides is 2. The predicted octanol–water partition coefficient (Wildman–Crippen LogP) is 3.19. The number of anilines is 1. The lowest BCUT2D eigenvalue weighted by Crippen LogP contribution is -2.31. The van der Waals surface area contributed by atoms with Crippen molar-refractivity contribution < 1.29 is 14.0 Å². The highest BCUT2D eigenvalue weighted by Gasteiger charge is 2.40. The maximum absolute atomic E-state index is 13.5. The Morgan fingerprint density at radius 2 is 1.93 bits per heavy atom. The van der Waals surface area contributed by atoms with Gasteiger partial charge >= 0.3 is 0 Å². The van der Waals surface area contributed by atoms with E-state index in [1.807, 2.05) is 0 Å². The van der Waals surface area contributed by atoms with Crippen LogP contribution < -0.4 is 10.6 Å². The average Bonchev–Trinajstić information content (AvgIpc) is 2.91. The zero-order chi connectivity index (χ0) is 19.4. The molecule has 2 aromatic rings. The third-order valence-corrected chi connectivity index (χ3v) is 4.94. The lowest BCUT2D eigenvalue weighted by Gasteiger charge is -2.14. The van der Waals surface area contributed by atoms with Crippen molar-refractivity contribution in [2.24, 2.45) is 15.9 Å². The van der Waals surface area contributed by atoms with Crippen LogP contribution in [0.1, 0.15) is 12.0 Å². The van der Waals surface area contributed by atoms with Gasteiger partial charge in [0.05, 0.1) is 11.9 Å². The van der Waals surface area contributed by atoms with Gasteiger partial charge in [-0.25, -0.2) is 9.29 Å². The number of thioether (sulfide) groups is 1. The summed E-state index contributed by atoms with van der Waals surface area (Å²) in [6.07, 6.45) is 1.23. The van der Waals surface area contributed by atoms with Gasteiger partial charge in [0, 0.05) is 17.0 Å². The lowest BCUT2D eigenvalue weighted by atomic mass is 10.2. The highest BCUT2D eigenvalue weighted by Crippen LogP contribution is 2.30. The van der Waals surface area contributed by atoms with Crippen LogP contribution >= 0.6 is 23.4 Å². The fourth-order valence-electron chi connectivity index (χ4n) is 2.45. The minimum absolute atomic E-state index is 0.000621. The van der Waals surface area contributed by atoms with E-state index < -0.39 is 11.1 Å². The number of rotatable bonds is 4. The van der Waals surface area contributed by atoms with Gasteiger partial charge in [0.25, 0.3) is 0 Å². The molecule has 1 aliphatic rings. The topological polar surface area (TPSA) is 88.1 Å². The van der Waals surface area contributed by atoms with Crippen LogP contribution in [0.25, 0.3) is 0 Å². The zero-order valence-electron chi connectivity index (χ0n) is 13.9. The van der Waals surface area contributed by atoms with Crippen LogP contribution in [0.5, 0.6) is 0 Å². The Hall–Kier alpha value is -2.71. The number of carbonyl (C=O) groups excluding carboxylic acids is 2. The maximum atomic E-state index is 13.5. The molecule has 0 aromatic heterocycles. The van der Waals surface area contributed by atoms with Crippen molar-refractivity contribution in [1.82, 2.24) is 0 Å². The van der Waals surface area contributed by atoms with Crippen molar-refractivity contribution in [2.45, 2.75) is 11.7 Å². The van der Waals surface area contributed by atoms with E-state index in [0.29, 0.717) is 10.7 Å². The molecule has 2 aromatic carbocycles. The lowest BCUT2D eigenvalue weighted by molar-refractivity contribution is -0.121. The third kappa shape index (κ3) is 4.53. The Labute approximate surface area is 163 Å². The van der Waals surface area contributed by atoms with Crippen LogP contribution in [0.2, 0.25) is 5.02 Å². The van der Waals surface area contributed by atoms with Crippen molar-refractivity contribution >= 4 is 52.2 Å². The summed E-state index contributed by atoms with van der Waals surface area (Å²) in [6.45, 7) is 0. The Morgan fingerprint density at radius 1 is 1.22 bits per heavy atom. The molecule has 2 amide bonds. The third-order valence-electron chi connectivity index (χ3n) is 3.71. The first kappa shape index (κ1) is 19.1. The molecular weight excluding hydrogens is 391 g/mol. The number of nitrogens with zero attached hydrogens (tertiary/aromatic N) is 3. The van der Waals surface area contributed by atoms with Gasteiger partial charge in [-0.1, -0.05) is 41.6 Å². The van der Waals surface area contributed by atoms with E-state index in [9.17, 15) is 14.0 Å². The summed E-state index contributed by atoms with van der Waals surface area (Å²) in [5.41, 5.74) is 6.49. The Kier molecular flexibility index (Phi) is 5.88. The van der Waals surface area contributed by atoms with Gasteiger partial charge in [0.2, 0.25) is 11.8 Å². The molecular formula is C18H14ClFN4O2S. The van der Waals surface area contributed by atoms with Crippen LogP contribution in [0, 0.1) is 5.82 Å². The monoisotopic (exact) mass is 404 g/mol. The molecule has 1 saturated heterocycles. The minimum Gasteiger partial charge on any atom is -0.377 e. The summed E-state index contributed by atoms with van der Waals surface area (Å²) in [7, 11) is 0. The number of carbonyl (C=O) groups is 2. The summed E-state index contributed by atoms with van der Waals surface area (Å²) in [4.78, 5) is 25.8. The van der Waals surface area contributed by atoms with Crippen molar-refractivity contribution in [1.29, 1.82) is 0 Å². The molecule has 1 atom stereocenters. The second-order valence-electron chi connectivity index (χ2n) is 5.56. The standard InChI is InChI=1S/C18H14ClFN4O2S/c19-12-5-7-13(8-6-12)24-16(25)9-15(17(24)26)27-18(21)23-22-10-11-3-1-2-4-14(11)20/h1-8,10,15H,9H2,(H2,21,23)/b22-10+. The average molecular weight is 405 g/mol. The molecule has 2 N–H and O–H groups in total. The first-order valence-electron chi connectivity index (χ1n) is 7.86. The van der Waals surface area contributed by atoms with Gasteiger partial charge in [0.1, 0.15) is 11.1 Å². The number of hydrogen-bond acceptors (Lipinski definition) is 5. The number of nitrogens with two attached hydrogens (primary N) is 1. The summed E-state index contributed by atoms with van der Waals surface area (Å²) in [5, 5.41) is 7.30. The van der Waals surface area contributed by atoms with Crippen LogP contribution in [0.15, 0.2) is 58.7 Å². The first-order valence-corrected chi connectivity index (χ1v) is 9.11. The summed E-state index contributed by atoms with van der Waals surface area (Å²) in [6, 6.07) is 12.5. The minimum atomic E-state index is -0.694. The van der Waals surface area contributed by atoms with Crippen molar-refractivity contribution in [3.8, 4) is 0 Å². The fourth-order valence-corrected chi connectivity index (χ4v) is 3.40. The van der Waals surface area contributed by atoms with E-state index in [4.69, 9.17) is 17.3 Å². The maximum Gasteiger partial charge on any atom is 0.247 e. The van der Waals surface area contributed by atoms with Gasteiger partial charge in [-0.15, -0.1) is 5.10 Å². The van der Waals surface area contributed by atoms with Crippen LogP contribution in [-0.2, 0) is 9.59 Å². The Morgan fingerprint density at radius 3 is 2.63 bits per heavy atom. The molecule has 27 heavy (non-hydrogen) atoms.